The molecule has 1 N–H and O–H groups in total. The number of hydrogen-bond acceptors (Lipinski definition) is 3. The van der Waals surface area contributed by atoms with Crippen molar-refractivity contribution in [1.29, 1.82) is 0 Å². The predicted molar refractivity (Wildman–Crippen MR) is 86.7 cm³/mol. The van der Waals surface area contributed by atoms with E-state index in [0.29, 0.717) is 34.3 Å². The second-order valence-electron chi connectivity index (χ2n) is 5.00. The number of carbonyl (C=O) groups is 1. The highest BCUT2D eigenvalue weighted by Gasteiger charge is 2.11. The fourth-order valence-electron chi connectivity index (χ4n) is 1.67. The predicted octanol–water partition coefficient (Wildman–Crippen LogP) is 4.13. The Bertz CT molecular complexity index is 629. The summed E-state index contributed by atoms with van der Waals surface area (Å²) in [5, 5.41) is 2.83. The quantitative estimate of drug-likeness (QED) is 0.826. The van der Waals surface area contributed by atoms with E-state index in [4.69, 9.17) is 4.74 Å². The van der Waals surface area contributed by atoms with Crippen LogP contribution in [0, 0.1) is 5.92 Å². The highest BCUT2D eigenvalue weighted by Crippen LogP contribution is 2.24. The number of amides is 1. The number of halogens is 1. The van der Waals surface area contributed by atoms with E-state index < -0.39 is 0 Å². The zero-order valence-electron chi connectivity index (χ0n) is 12.0. The van der Waals surface area contributed by atoms with Gasteiger partial charge in [-0.3, -0.25) is 4.79 Å². The molecule has 0 atom stereocenters. The lowest BCUT2D eigenvalue weighted by Gasteiger charge is -2.13. The van der Waals surface area contributed by atoms with E-state index in [2.05, 4.69) is 40.1 Å². The fraction of sp³-hybridized carbons (Fsp3) is 0.250. The van der Waals surface area contributed by atoms with Crippen LogP contribution in [-0.4, -0.2) is 17.5 Å². The lowest BCUT2D eigenvalue weighted by molar-refractivity contribution is 0.102. The number of para-hydroxylation sites is 2. The molecule has 1 amide bonds. The molecule has 5 heteroatoms. The topological polar surface area (TPSA) is 51.2 Å². The number of nitrogens with one attached hydrogen (secondary N) is 1. The van der Waals surface area contributed by atoms with Crippen LogP contribution < -0.4 is 10.1 Å². The van der Waals surface area contributed by atoms with E-state index in [0.717, 1.165) is 0 Å². The van der Waals surface area contributed by atoms with Gasteiger partial charge in [-0.05, 0) is 46.1 Å². The van der Waals surface area contributed by atoms with Crippen LogP contribution in [-0.2, 0) is 0 Å². The monoisotopic (exact) mass is 348 g/mol. The van der Waals surface area contributed by atoms with Crippen LogP contribution in [0.2, 0.25) is 0 Å². The van der Waals surface area contributed by atoms with E-state index in [9.17, 15) is 4.79 Å². The molecule has 0 aliphatic rings. The number of carbonyl (C=O) groups excluding carboxylic acids is 1. The summed E-state index contributed by atoms with van der Waals surface area (Å²) in [7, 11) is 0. The lowest BCUT2D eigenvalue weighted by Crippen LogP contribution is -2.15. The Morgan fingerprint density at radius 1 is 1.24 bits per heavy atom. The molecule has 0 saturated heterocycles. The van der Waals surface area contributed by atoms with E-state index in [-0.39, 0.29) is 5.91 Å². The van der Waals surface area contributed by atoms with Gasteiger partial charge in [0, 0.05) is 0 Å². The molecule has 0 saturated carbocycles. The third-order valence-electron chi connectivity index (χ3n) is 2.66. The van der Waals surface area contributed by atoms with Crippen molar-refractivity contribution in [1.82, 2.24) is 4.98 Å². The van der Waals surface area contributed by atoms with Crippen LogP contribution in [0.15, 0.2) is 47.1 Å². The molecule has 0 aliphatic heterocycles. The molecule has 0 spiro atoms. The normalized spacial score (nSPS) is 10.5. The molecule has 0 fully saturated rings. The first-order valence-electron chi connectivity index (χ1n) is 6.72. The van der Waals surface area contributed by atoms with Crippen molar-refractivity contribution < 1.29 is 9.53 Å². The van der Waals surface area contributed by atoms with Gasteiger partial charge >= 0.3 is 0 Å². The first-order chi connectivity index (χ1) is 10.1. The van der Waals surface area contributed by atoms with Gasteiger partial charge in [-0.25, -0.2) is 4.98 Å². The van der Waals surface area contributed by atoms with E-state index >= 15 is 0 Å². The van der Waals surface area contributed by atoms with Gasteiger partial charge in [-0.2, -0.15) is 0 Å². The van der Waals surface area contributed by atoms with E-state index in [1.165, 1.54) is 0 Å². The minimum atomic E-state index is -0.267. The molecule has 1 aromatic heterocycles. The zero-order chi connectivity index (χ0) is 15.2. The van der Waals surface area contributed by atoms with Gasteiger partial charge in [0.05, 0.1) is 12.3 Å². The standard InChI is InChI=1S/C16H17BrN2O2/c1-11(2)10-21-14-8-4-3-6-12(14)19-16(20)13-7-5-9-15(17)18-13/h3-9,11H,10H2,1-2H3,(H,19,20). The Balaban J connectivity index is 2.13. The summed E-state index contributed by atoms with van der Waals surface area (Å²) >= 11 is 3.26. The van der Waals surface area contributed by atoms with Crippen LogP contribution in [0.4, 0.5) is 5.69 Å². The van der Waals surface area contributed by atoms with Crippen molar-refractivity contribution in [2.45, 2.75) is 13.8 Å². The number of pyridine rings is 1. The summed E-state index contributed by atoms with van der Waals surface area (Å²) < 4.78 is 6.34. The highest BCUT2D eigenvalue weighted by atomic mass is 79.9. The summed E-state index contributed by atoms with van der Waals surface area (Å²) in [5.74, 6) is 0.812. The van der Waals surface area contributed by atoms with Gasteiger partial charge < -0.3 is 10.1 Å². The molecule has 2 rings (SSSR count). The molecule has 110 valence electrons. The molecule has 1 heterocycles. The summed E-state index contributed by atoms with van der Waals surface area (Å²) in [6.45, 7) is 4.75. The average molecular weight is 349 g/mol. The fourth-order valence-corrected chi connectivity index (χ4v) is 2.02. The van der Waals surface area contributed by atoms with E-state index in [1.807, 2.05) is 24.3 Å². The Labute approximate surface area is 132 Å². The highest BCUT2D eigenvalue weighted by molar-refractivity contribution is 9.10. The van der Waals surface area contributed by atoms with Crippen LogP contribution in [0.5, 0.6) is 5.75 Å². The summed E-state index contributed by atoms with van der Waals surface area (Å²) in [5.41, 5.74) is 0.993. The van der Waals surface area contributed by atoms with Gasteiger partial charge in [-0.15, -0.1) is 0 Å². The third-order valence-corrected chi connectivity index (χ3v) is 3.10. The van der Waals surface area contributed by atoms with Crippen LogP contribution in [0.3, 0.4) is 0 Å². The number of rotatable bonds is 5. The summed E-state index contributed by atoms with van der Waals surface area (Å²) in [6.07, 6.45) is 0. The second-order valence-corrected chi connectivity index (χ2v) is 5.81. The smallest absolute Gasteiger partial charge is 0.274 e. The SMILES string of the molecule is CC(C)COc1ccccc1NC(=O)c1cccc(Br)n1. The van der Waals surface area contributed by atoms with Crippen LogP contribution >= 0.6 is 15.9 Å². The van der Waals surface area contributed by atoms with Crippen molar-refractivity contribution in [2.75, 3.05) is 11.9 Å². The van der Waals surface area contributed by atoms with Gasteiger partial charge in [0.15, 0.2) is 0 Å². The molecule has 2 aromatic rings. The van der Waals surface area contributed by atoms with Crippen molar-refractivity contribution in [3.05, 3.63) is 52.8 Å². The molecule has 21 heavy (non-hydrogen) atoms. The molecular weight excluding hydrogens is 332 g/mol. The molecule has 4 nitrogen and oxygen atoms in total. The average Bonchev–Trinajstić information content (AvgIpc) is 2.46. The second kappa shape index (κ2) is 7.22. The van der Waals surface area contributed by atoms with Gasteiger partial charge in [0.1, 0.15) is 16.0 Å². The number of hydrogen-bond donors (Lipinski definition) is 1. The number of benzene rings is 1. The number of anilines is 1. The number of ether oxygens (including phenoxy) is 1. The molecule has 1 aromatic carbocycles. The molecule has 0 unspecified atom stereocenters. The van der Waals surface area contributed by atoms with Gasteiger partial charge in [0.25, 0.3) is 5.91 Å². The van der Waals surface area contributed by atoms with Crippen molar-refractivity contribution in [3.63, 3.8) is 0 Å². The Morgan fingerprint density at radius 2 is 2.00 bits per heavy atom. The summed E-state index contributed by atoms with van der Waals surface area (Å²) in [4.78, 5) is 16.3. The lowest BCUT2D eigenvalue weighted by atomic mass is 10.2. The number of nitrogens with zero attached hydrogens (tertiary/aromatic N) is 1. The Hall–Kier alpha value is -1.88. The van der Waals surface area contributed by atoms with Crippen LogP contribution in [0.25, 0.3) is 0 Å². The number of aromatic nitrogens is 1. The van der Waals surface area contributed by atoms with E-state index in [1.54, 1.807) is 18.2 Å². The van der Waals surface area contributed by atoms with Gasteiger partial charge in [0.2, 0.25) is 0 Å². The Morgan fingerprint density at radius 3 is 2.71 bits per heavy atom. The molecular formula is C16H17BrN2O2. The Kier molecular flexibility index (Phi) is 5.33. The first-order valence-corrected chi connectivity index (χ1v) is 7.51. The molecule has 0 aliphatic carbocycles. The zero-order valence-corrected chi connectivity index (χ0v) is 13.6. The van der Waals surface area contributed by atoms with Gasteiger partial charge in [-0.1, -0.05) is 32.0 Å². The summed E-state index contributed by atoms with van der Waals surface area (Å²) in [6, 6.07) is 12.6. The minimum absolute atomic E-state index is 0.267. The van der Waals surface area contributed by atoms with Crippen molar-refractivity contribution in [3.8, 4) is 5.75 Å². The van der Waals surface area contributed by atoms with Crippen molar-refractivity contribution in [2.24, 2.45) is 5.92 Å². The minimum Gasteiger partial charge on any atom is -0.491 e. The maximum absolute atomic E-state index is 12.2. The van der Waals surface area contributed by atoms with Crippen molar-refractivity contribution >= 4 is 27.5 Å². The first kappa shape index (κ1) is 15.5. The molecule has 0 bridgehead atoms. The largest absolute Gasteiger partial charge is 0.491 e. The van der Waals surface area contributed by atoms with Crippen LogP contribution in [0.1, 0.15) is 24.3 Å². The maximum Gasteiger partial charge on any atom is 0.274 e. The third kappa shape index (κ3) is 4.56. The maximum atomic E-state index is 12.2. The molecule has 0 radical (unpaired) electrons.